The quantitative estimate of drug-likeness (QED) is 0.428. The molecule has 1 heterocycles. The lowest BCUT2D eigenvalue weighted by atomic mass is 10.3. The Morgan fingerprint density at radius 1 is 1.12 bits per heavy atom. The molecule has 1 aliphatic heterocycles. The molecule has 0 aliphatic carbocycles. The van der Waals surface area contributed by atoms with Crippen LogP contribution in [-0.2, 0) is 0 Å². The van der Waals surface area contributed by atoms with E-state index in [-0.39, 0.29) is 0 Å². The first-order chi connectivity index (χ1) is 3.71. The van der Waals surface area contributed by atoms with Gasteiger partial charge in [-0.15, -0.1) is 15.3 Å². The third-order valence-corrected chi connectivity index (χ3v) is 7.27. The Morgan fingerprint density at radius 3 is 1.88 bits per heavy atom. The van der Waals surface area contributed by atoms with Crippen LogP contribution in [0.5, 0.6) is 0 Å². The van der Waals surface area contributed by atoms with Gasteiger partial charge in [0.05, 0.1) is 0 Å². The van der Waals surface area contributed by atoms with Gasteiger partial charge in [0.25, 0.3) is 0 Å². The highest BCUT2D eigenvalue weighted by atomic mass is 79.9. The van der Waals surface area contributed by atoms with Crippen LogP contribution in [-0.4, -0.2) is 6.00 Å². The molecule has 48 valence electrons. The van der Waals surface area contributed by atoms with E-state index < -0.39 is 6.00 Å². The zero-order valence-electron chi connectivity index (χ0n) is 4.79. The summed E-state index contributed by atoms with van der Waals surface area (Å²) in [5.74, 6) is 0. The Balaban J connectivity index is 2.33. The van der Waals surface area contributed by atoms with Gasteiger partial charge < -0.3 is 0 Å². The summed E-state index contributed by atoms with van der Waals surface area (Å²) in [5.41, 5.74) is 0. The van der Waals surface area contributed by atoms with Crippen LogP contribution in [0.1, 0.15) is 19.3 Å². The molecule has 0 aromatic rings. The van der Waals surface area contributed by atoms with Gasteiger partial charge in [-0.05, 0) is 12.1 Å². The summed E-state index contributed by atoms with van der Waals surface area (Å²) in [4.78, 5) is 0. The van der Waals surface area contributed by atoms with E-state index in [4.69, 9.17) is 11.1 Å². The zero-order chi connectivity index (χ0) is 6.04. The first-order valence-electron chi connectivity index (χ1n) is 3.09. The fourth-order valence-corrected chi connectivity index (χ4v) is 5.34. The lowest BCUT2D eigenvalue weighted by Crippen LogP contribution is -2.20. The van der Waals surface area contributed by atoms with Crippen LogP contribution in [0.2, 0.25) is 12.1 Å². The number of hydrogen-bond donors (Lipinski definition) is 0. The highest BCUT2D eigenvalue weighted by Gasteiger charge is 2.28. The van der Waals surface area contributed by atoms with E-state index in [0.29, 0.717) is 0 Å². The van der Waals surface area contributed by atoms with Gasteiger partial charge in [0.2, 0.25) is 6.00 Å². The van der Waals surface area contributed by atoms with Gasteiger partial charge in [0.1, 0.15) is 0 Å². The Labute approximate surface area is 63.9 Å². The average molecular weight is 214 g/mol. The molecular weight excluding hydrogens is 203 g/mol. The van der Waals surface area contributed by atoms with Gasteiger partial charge in [-0.1, -0.05) is 19.3 Å². The normalized spacial score (nSPS) is 27.8. The SMILES string of the molecule is Cl[Si]1(Br)CCCCC1. The molecule has 8 heavy (non-hydrogen) atoms. The van der Waals surface area contributed by atoms with Crippen LogP contribution < -0.4 is 0 Å². The van der Waals surface area contributed by atoms with E-state index in [1.807, 2.05) is 0 Å². The van der Waals surface area contributed by atoms with Crippen molar-refractivity contribution in [2.75, 3.05) is 0 Å². The predicted octanol–water partition coefficient (Wildman–Crippen LogP) is 3.25. The molecule has 0 aromatic heterocycles. The first kappa shape index (κ1) is 7.10. The van der Waals surface area contributed by atoms with E-state index in [9.17, 15) is 0 Å². The molecule has 0 radical (unpaired) electrons. The standard InChI is InChI=1S/C5H10BrClSi/c6-8(7)4-2-1-3-5-8/h1-5H2. The molecule has 0 unspecified atom stereocenters. The molecule has 1 fully saturated rings. The van der Waals surface area contributed by atoms with Gasteiger partial charge in [-0.3, -0.25) is 0 Å². The van der Waals surface area contributed by atoms with Gasteiger partial charge in [0.15, 0.2) is 0 Å². The second-order valence-electron chi connectivity index (χ2n) is 2.42. The first-order valence-corrected chi connectivity index (χ1v) is 8.77. The van der Waals surface area contributed by atoms with Crippen LogP contribution >= 0.6 is 26.4 Å². The number of rotatable bonds is 0. The van der Waals surface area contributed by atoms with Gasteiger partial charge >= 0.3 is 0 Å². The van der Waals surface area contributed by atoms with E-state index in [0.717, 1.165) is 0 Å². The van der Waals surface area contributed by atoms with Crippen molar-refractivity contribution in [3.8, 4) is 0 Å². The van der Waals surface area contributed by atoms with Crippen LogP contribution in [0.3, 0.4) is 0 Å². The topological polar surface area (TPSA) is 0 Å². The maximum atomic E-state index is 6.13. The largest absolute Gasteiger partial charge is 0.226 e. The minimum atomic E-state index is -1.31. The average Bonchev–Trinajstić information content (AvgIpc) is 1.65. The predicted molar refractivity (Wildman–Crippen MR) is 44.0 cm³/mol. The lowest BCUT2D eigenvalue weighted by molar-refractivity contribution is 0.728. The monoisotopic (exact) mass is 212 g/mol. The maximum Gasteiger partial charge on any atom is 0.226 e. The summed E-state index contributed by atoms with van der Waals surface area (Å²) >= 11 is 9.72. The minimum absolute atomic E-state index is 1.27. The van der Waals surface area contributed by atoms with Crippen molar-refractivity contribution in [3.05, 3.63) is 0 Å². The Hall–Kier alpha value is 0.987. The number of hydrogen-bond acceptors (Lipinski definition) is 0. The van der Waals surface area contributed by atoms with E-state index in [1.54, 1.807) is 0 Å². The van der Waals surface area contributed by atoms with Gasteiger partial charge in [-0.25, -0.2) is 0 Å². The van der Waals surface area contributed by atoms with Crippen molar-refractivity contribution in [3.63, 3.8) is 0 Å². The second-order valence-corrected chi connectivity index (χ2v) is 13.2. The zero-order valence-corrected chi connectivity index (χ0v) is 8.13. The van der Waals surface area contributed by atoms with Crippen molar-refractivity contribution >= 4 is 32.4 Å². The molecule has 0 atom stereocenters. The van der Waals surface area contributed by atoms with Crippen molar-refractivity contribution in [1.29, 1.82) is 0 Å². The summed E-state index contributed by atoms with van der Waals surface area (Å²) in [6, 6.07) is 1.24. The fraction of sp³-hybridized carbons (Fsp3) is 1.00. The molecule has 3 heteroatoms. The molecule has 1 aliphatic rings. The summed E-state index contributed by atoms with van der Waals surface area (Å²) in [6.07, 6.45) is 4.09. The smallest absolute Gasteiger partial charge is 0.152 e. The molecule has 0 bridgehead atoms. The Morgan fingerprint density at radius 2 is 1.62 bits per heavy atom. The maximum absolute atomic E-state index is 6.13. The second kappa shape index (κ2) is 2.71. The summed E-state index contributed by atoms with van der Waals surface area (Å²) < 4.78 is 0. The van der Waals surface area contributed by atoms with Crippen molar-refractivity contribution in [2.45, 2.75) is 31.4 Å². The molecule has 1 rings (SSSR count). The summed E-state index contributed by atoms with van der Waals surface area (Å²) in [5, 5.41) is 0. The molecule has 1 saturated heterocycles. The summed E-state index contributed by atoms with van der Waals surface area (Å²) in [6.45, 7) is 0. The highest BCUT2D eigenvalue weighted by molar-refractivity contribution is 9.27. The van der Waals surface area contributed by atoms with Gasteiger partial charge in [0, 0.05) is 0 Å². The van der Waals surface area contributed by atoms with Crippen LogP contribution in [0.4, 0.5) is 0 Å². The Bertz CT molecular complexity index is 76.5. The molecule has 0 nitrogen and oxygen atoms in total. The lowest BCUT2D eigenvalue weighted by Gasteiger charge is -2.21. The van der Waals surface area contributed by atoms with E-state index in [1.165, 1.54) is 31.4 Å². The minimum Gasteiger partial charge on any atom is -0.152 e. The number of halogens is 2. The van der Waals surface area contributed by atoms with Crippen molar-refractivity contribution in [2.24, 2.45) is 0 Å². The van der Waals surface area contributed by atoms with E-state index in [2.05, 4.69) is 15.3 Å². The highest BCUT2D eigenvalue weighted by Crippen LogP contribution is 2.35. The van der Waals surface area contributed by atoms with Crippen LogP contribution in [0.25, 0.3) is 0 Å². The van der Waals surface area contributed by atoms with Crippen molar-refractivity contribution in [1.82, 2.24) is 0 Å². The third kappa shape index (κ3) is 2.07. The molecule has 0 amide bonds. The van der Waals surface area contributed by atoms with Crippen LogP contribution in [0.15, 0.2) is 0 Å². The van der Waals surface area contributed by atoms with Crippen LogP contribution in [0, 0.1) is 0 Å². The molecular formula is C5H10BrClSi. The Kier molecular flexibility index (Phi) is 2.41. The van der Waals surface area contributed by atoms with Crippen molar-refractivity contribution < 1.29 is 0 Å². The third-order valence-electron chi connectivity index (χ3n) is 1.59. The molecule has 0 aromatic carbocycles. The summed E-state index contributed by atoms with van der Waals surface area (Å²) in [7, 11) is 0. The molecule has 0 saturated carbocycles. The van der Waals surface area contributed by atoms with Gasteiger partial charge in [-0.2, -0.15) is 11.1 Å². The molecule has 0 spiro atoms. The fourth-order valence-electron chi connectivity index (χ4n) is 1.07. The molecule has 0 N–H and O–H groups in total. The van der Waals surface area contributed by atoms with E-state index >= 15 is 0 Å².